The predicted molar refractivity (Wildman–Crippen MR) is 122 cm³/mol. The summed E-state index contributed by atoms with van der Waals surface area (Å²) >= 11 is 1.58. The second-order valence-electron chi connectivity index (χ2n) is 7.61. The third kappa shape index (κ3) is 4.06. The van der Waals surface area contributed by atoms with E-state index in [9.17, 15) is 14.4 Å². The molecule has 0 saturated heterocycles. The number of rotatable bonds is 6. The van der Waals surface area contributed by atoms with Crippen LogP contribution in [-0.4, -0.2) is 21.8 Å². The van der Waals surface area contributed by atoms with E-state index in [0.29, 0.717) is 29.0 Å². The Hall–Kier alpha value is -3.72. The number of fused-ring (bicyclic) bond motifs is 3. The van der Waals surface area contributed by atoms with Gasteiger partial charge in [0.15, 0.2) is 5.76 Å². The predicted octanol–water partition coefficient (Wildman–Crippen LogP) is 3.89. The average molecular weight is 449 g/mol. The molecule has 0 unspecified atom stereocenters. The van der Waals surface area contributed by atoms with Crippen molar-refractivity contribution >= 4 is 44.7 Å². The Kier molecular flexibility index (Phi) is 5.32. The van der Waals surface area contributed by atoms with E-state index < -0.39 is 0 Å². The van der Waals surface area contributed by atoms with Gasteiger partial charge >= 0.3 is 0 Å². The molecule has 4 aromatic rings. The van der Waals surface area contributed by atoms with Crippen LogP contribution in [0.4, 0.5) is 11.4 Å². The van der Waals surface area contributed by atoms with Gasteiger partial charge in [0.25, 0.3) is 11.5 Å². The summed E-state index contributed by atoms with van der Waals surface area (Å²) in [6.07, 6.45) is 4.96. The summed E-state index contributed by atoms with van der Waals surface area (Å²) in [5, 5.41) is 6.25. The van der Waals surface area contributed by atoms with Gasteiger partial charge in [0.2, 0.25) is 5.91 Å². The van der Waals surface area contributed by atoms with Gasteiger partial charge in [-0.1, -0.05) is 6.07 Å². The Labute approximate surface area is 186 Å². The highest BCUT2D eigenvalue weighted by atomic mass is 32.1. The number of aromatic nitrogens is 2. The minimum absolute atomic E-state index is 0.121. The number of nitrogens with one attached hydrogen (secondary N) is 3. The maximum absolute atomic E-state index is 12.5. The number of carbonyl (C=O) groups is 2. The molecule has 9 heteroatoms. The molecule has 0 radical (unpaired) electrons. The first-order valence-corrected chi connectivity index (χ1v) is 11.2. The SMILES string of the molecule is O=C(CCc1nc2sc3c(c2c(=O)[nH]1)CCC3)Nc1cccc(NC(=O)c2ccco2)c1. The lowest BCUT2D eigenvalue weighted by Crippen LogP contribution is -2.16. The molecule has 0 bridgehead atoms. The fourth-order valence-corrected chi connectivity index (χ4v) is 5.18. The Morgan fingerprint density at radius 2 is 1.97 bits per heavy atom. The number of hydrogen-bond donors (Lipinski definition) is 3. The number of aromatic amines is 1. The van der Waals surface area contributed by atoms with Crippen molar-refractivity contribution in [2.75, 3.05) is 10.6 Å². The van der Waals surface area contributed by atoms with Crippen molar-refractivity contribution < 1.29 is 14.0 Å². The van der Waals surface area contributed by atoms with Crippen LogP contribution in [0.3, 0.4) is 0 Å². The normalized spacial score (nSPS) is 12.6. The summed E-state index contributed by atoms with van der Waals surface area (Å²) in [5.74, 6) is 0.130. The minimum Gasteiger partial charge on any atom is -0.459 e. The molecule has 1 aliphatic rings. The number of anilines is 2. The second kappa shape index (κ2) is 8.43. The molecule has 0 fully saturated rings. The summed E-state index contributed by atoms with van der Waals surface area (Å²) in [6.45, 7) is 0. The first-order chi connectivity index (χ1) is 15.6. The van der Waals surface area contributed by atoms with Crippen molar-refractivity contribution in [3.8, 4) is 0 Å². The first-order valence-electron chi connectivity index (χ1n) is 10.3. The second-order valence-corrected chi connectivity index (χ2v) is 8.69. The number of aryl methyl sites for hydroxylation is 3. The van der Waals surface area contributed by atoms with Gasteiger partial charge < -0.3 is 20.0 Å². The van der Waals surface area contributed by atoms with Crippen LogP contribution in [0.25, 0.3) is 10.2 Å². The highest BCUT2D eigenvalue weighted by Gasteiger charge is 2.21. The van der Waals surface area contributed by atoms with Crippen LogP contribution in [0.5, 0.6) is 0 Å². The van der Waals surface area contributed by atoms with Crippen molar-refractivity contribution in [3.05, 3.63) is 75.0 Å². The monoisotopic (exact) mass is 448 g/mol. The summed E-state index contributed by atoms with van der Waals surface area (Å²) in [4.78, 5) is 46.5. The van der Waals surface area contributed by atoms with Crippen molar-refractivity contribution in [3.63, 3.8) is 0 Å². The number of hydrogen-bond acceptors (Lipinski definition) is 6. The molecule has 32 heavy (non-hydrogen) atoms. The van der Waals surface area contributed by atoms with Crippen molar-refractivity contribution in [1.29, 1.82) is 0 Å². The van der Waals surface area contributed by atoms with Crippen molar-refractivity contribution in [2.45, 2.75) is 32.1 Å². The zero-order valence-electron chi connectivity index (χ0n) is 17.1. The zero-order valence-corrected chi connectivity index (χ0v) is 17.9. The Morgan fingerprint density at radius 3 is 2.78 bits per heavy atom. The molecule has 8 nitrogen and oxygen atoms in total. The molecule has 2 amide bonds. The Balaban J connectivity index is 1.22. The highest BCUT2D eigenvalue weighted by Crippen LogP contribution is 2.34. The molecular formula is C23H20N4O4S. The van der Waals surface area contributed by atoms with E-state index in [0.717, 1.165) is 29.7 Å². The van der Waals surface area contributed by atoms with E-state index in [-0.39, 0.29) is 29.6 Å². The van der Waals surface area contributed by atoms with E-state index >= 15 is 0 Å². The van der Waals surface area contributed by atoms with Gasteiger partial charge in [-0.2, -0.15) is 0 Å². The molecule has 0 aliphatic heterocycles. The largest absolute Gasteiger partial charge is 0.459 e. The van der Waals surface area contributed by atoms with Gasteiger partial charge in [-0.05, 0) is 55.2 Å². The third-order valence-electron chi connectivity index (χ3n) is 5.36. The van der Waals surface area contributed by atoms with E-state index in [2.05, 4.69) is 20.6 Å². The number of H-pyrrole nitrogens is 1. The zero-order chi connectivity index (χ0) is 22.1. The van der Waals surface area contributed by atoms with Gasteiger partial charge in [0.05, 0.1) is 11.6 Å². The van der Waals surface area contributed by atoms with Gasteiger partial charge in [-0.25, -0.2) is 4.98 Å². The summed E-state index contributed by atoms with van der Waals surface area (Å²) in [5.41, 5.74) is 2.11. The molecule has 0 spiro atoms. The fraction of sp³-hybridized carbons (Fsp3) is 0.217. The Morgan fingerprint density at radius 1 is 1.12 bits per heavy atom. The number of carbonyl (C=O) groups excluding carboxylic acids is 2. The minimum atomic E-state index is -0.372. The summed E-state index contributed by atoms with van der Waals surface area (Å²) < 4.78 is 5.08. The maximum Gasteiger partial charge on any atom is 0.291 e. The van der Waals surface area contributed by atoms with Crippen LogP contribution >= 0.6 is 11.3 Å². The van der Waals surface area contributed by atoms with Gasteiger partial charge in [0.1, 0.15) is 10.7 Å². The molecule has 3 aromatic heterocycles. The van der Waals surface area contributed by atoms with Crippen LogP contribution in [0, 0.1) is 0 Å². The molecule has 162 valence electrons. The topological polar surface area (TPSA) is 117 Å². The first kappa shape index (κ1) is 20.2. The molecule has 3 heterocycles. The smallest absolute Gasteiger partial charge is 0.291 e. The van der Waals surface area contributed by atoms with Crippen LogP contribution in [0.1, 0.15) is 39.7 Å². The van der Waals surface area contributed by atoms with E-state index in [1.807, 2.05) is 0 Å². The number of nitrogens with zero attached hydrogens (tertiary/aromatic N) is 1. The Bertz CT molecular complexity index is 1370. The summed E-state index contributed by atoms with van der Waals surface area (Å²) in [6, 6.07) is 10.1. The van der Waals surface area contributed by atoms with Crippen LogP contribution in [-0.2, 0) is 24.1 Å². The van der Waals surface area contributed by atoms with Crippen LogP contribution < -0.4 is 16.2 Å². The lowest BCUT2D eigenvalue weighted by Gasteiger charge is -2.08. The van der Waals surface area contributed by atoms with Crippen LogP contribution in [0.15, 0.2) is 51.9 Å². The standard InChI is InChI=1S/C23H20N4O4S/c28-19(24-13-4-1-5-14(12-13)25-21(29)16-7-3-11-31-16)10-9-18-26-22(30)20-15-6-2-8-17(15)32-23(20)27-18/h1,3-5,7,11-12H,2,6,8-10H2,(H,24,28)(H,25,29)(H,26,27,30). The molecule has 0 atom stereocenters. The maximum atomic E-state index is 12.5. The van der Waals surface area contributed by atoms with E-state index in [1.54, 1.807) is 47.7 Å². The lowest BCUT2D eigenvalue weighted by molar-refractivity contribution is -0.116. The molecule has 0 saturated carbocycles. The highest BCUT2D eigenvalue weighted by molar-refractivity contribution is 7.18. The molecule has 1 aliphatic carbocycles. The molecular weight excluding hydrogens is 428 g/mol. The van der Waals surface area contributed by atoms with Gasteiger partial charge in [-0.15, -0.1) is 11.3 Å². The van der Waals surface area contributed by atoms with Gasteiger partial charge in [-0.3, -0.25) is 14.4 Å². The third-order valence-corrected chi connectivity index (χ3v) is 6.55. The molecule has 3 N–H and O–H groups in total. The average Bonchev–Trinajstić information content (AvgIpc) is 3.50. The quantitative estimate of drug-likeness (QED) is 0.414. The number of furan rings is 1. The number of thiophene rings is 1. The van der Waals surface area contributed by atoms with Crippen LogP contribution in [0.2, 0.25) is 0 Å². The van der Waals surface area contributed by atoms with E-state index in [1.165, 1.54) is 11.1 Å². The number of benzene rings is 1. The van der Waals surface area contributed by atoms with Crippen molar-refractivity contribution in [2.24, 2.45) is 0 Å². The summed E-state index contributed by atoms with van der Waals surface area (Å²) in [7, 11) is 0. The van der Waals surface area contributed by atoms with E-state index in [4.69, 9.17) is 4.42 Å². The van der Waals surface area contributed by atoms with Gasteiger partial charge in [0, 0.05) is 29.1 Å². The number of amides is 2. The lowest BCUT2D eigenvalue weighted by atomic mass is 10.2. The van der Waals surface area contributed by atoms with Crippen molar-refractivity contribution in [1.82, 2.24) is 9.97 Å². The molecule has 1 aromatic carbocycles. The molecule has 5 rings (SSSR count). The fourth-order valence-electron chi connectivity index (χ4n) is 3.90.